The van der Waals surface area contributed by atoms with Gasteiger partial charge in [-0.2, -0.15) is 0 Å². The summed E-state index contributed by atoms with van der Waals surface area (Å²) in [7, 11) is 0. The van der Waals surface area contributed by atoms with E-state index in [0.717, 1.165) is 16.7 Å². The molecule has 2 rings (SSSR count). The van der Waals surface area contributed by atoms with E-state index in [4.69, 9.17) is 0 Å². The summed E-state index contributed by atoms with van der Waals surface area (Å²) in [5.41, 5.74) is 1.58. The Kier molecular flexibility index (Phi) is 6.65. The summed E-state index contributed by atoms with van der Waals surface area (Å²) >= 11 is 1.29. The normalized spacial score (nSPS) is 12.5. The van der Waals surface area contributed by atoms with E-state index in [1.807, 2.05) is 27.7 Å². The Morgan fingerprint density at radius 3 is 2.26 bits per heavy atom. The third-order valence-electron chi connectivity index (χ3n) is 4.30. The van der Waals surface area contributed by atoms with Crippen LogP contribution in [0.15, 0.2) is 23.3 Å². The van der Waals surface area contributed by atoms with Crippen molar-refractivity contribution >= 4 is 23.5 Å². The summed E-state index contributed by atoms with van der Waals surface area (Å²) < 4.78 is 14.0. The molecule has 0 aliphatic rings. The fourth-order valence-electron chi connectivity index (χ4n) is 2.87. The van der Waals surface area contributed by atoms with Crippen LogP contribution < -0.4 is 0 Å². The molecule has 4 nitrogen and oxygen atoms in total. The molecule has 0 aliphatic carbocycles. The van der Waals surface area contributed by atoms with Crippen molar-refractivity contribution in [2.45, 2.75) is 65.4 Å². The number of benzene rings is 1. The van der Waals surface area contributed by atoms with E-state index in [-0.39, 0.29) is 30.0 Å². The van der Waals surface area contributed by atoms with Gasteiger partial charge in [0.25, 0.3) is 0 Å². The monoisotopic (exact) mass is 390 g/mol. The van der Waals surface area contributed by atoms with Gasteiger partial charge in [0.1, 0.15) is 10.8 Å². The summed E-state index contributed by atoms with van der Waals surface area (Å²) in [4.78, 5) is 21.4. The smallest absolute Gasteiger partial charge is 0.250 e. The van der Waals surface area contributed by atoms with Crippen LogP contribution in [0.3, 0.4) is 0 Å². The van der Waals surface area contributed by atoms with Gasteiger partial charge in [0.15, 0.2) is 0 Å². The number of carbonyl (C=O) groups excluding carboxylic acids is 1. The van der Waals surface area contributed by atoms with Crippen LogP contribution in [-0.4, -0.2) is 22.2 Å². The van der Waals surface area contributed by atoms with Crippen LogP contribution in [0.5, 0.6) is 0 Å². The second-order valence-electron chi connectivity index (χ2n) is 7.82. The maximum absolute atomic E-state index is 14.0. The number of halogens is 1. The van der Waals surface area contributed by atoms with Crippen LogP contribution in [0, 0.1) is 5.82 Å². The standard InChI is InChI=1S/C21H27FN2O2S/c1-12(2)15-7-14(22)8-16(13(3)4)17(15)9-19(25)23-11-20-24-10-18(27-20)21(5,6)26/h7-8,10-13,26H,9H2,1-6H3. The molecular weight excluding hydrogens is 363 g/mol. The minimum absolute atomic E-state index is 0.110. The Labute approximate surface area is 164 Å². The second-order valence-corrected chi connectivity index (χ2v) is 8.88. The maximum atomic E-state index is 14.0. The third-order valence-corrected chi connectivity index (χ3v) is 5.55. The molecule has 0 radical (unpaired) electrons. The lowest BCUT2D eigenvalue weighted by molar-refractivity contribution is -0.117. The number of nitrogens with zero attached hydrogens (tertiary/aromatic N) is 2. The summed E-state index contributed by atoms with van der Waals surface area (Å²) in [5.74, 6) is -0.356. The van der Waals surface area contributed by atoms with Crippen LogP contribution in [0.2, 0.25) is 0 Å². The molecule has 0 atom stereocenters. The van der Waals surface area contributed by atoms with E-state index in [9.17, 15) is 14.3 Å². The predicted molar refractivity (Wildman–Crippen MR) is 108 cm³/mol. The lowest BCUT2D eigenvalue weighted by Gasteiger charge is -2.19. The Morgan fingerprint density at radius 2 is 1.81 bits per heavy atom. The Bertz CT molecular complexity index is 819. The summed E-state index contributed by atoms with van der Waals surface area (Å²) in [6, 6.07) is 3.03. The Hall–Kier alpha value is -1.92. The zero-order valence-corrected chi connectivity index (χ0v) is 17.5. The fourth-order valence-corrected chi connectivity index (χ4v) is 3.66. The Morgan fingerprint density at radius 1 is 1.26 bits per heavy atom. The first-order chi connectivity index (χ1) is 12.5. The largest absolute Gasteiger partial charge is 0.385 e. The molecule has 0 saturated heterocycles. The maximum Gasteiger partial charge on any atom is 0.250 e. The van der Waals surface area contributed by atoms with Crippen molar-refractivity contribution in [3.8, 4) is 0 Å². The van der Waals surface area contributed by atoms with Crippen LogP contribution in [0.25, 0.3) is 0 Å². The molecule has 1 aromatic carbocycles. The van der Waals surface area contributed by atoms with Crippen molar-refractivity contribution in [2.24, 2.45) is 4.99 Å². The molecule has 1 N–H and O–H groups in total. The van der Waals surface area contributed by atoms with E-state index in [1.54, 1.807) is 20.0 Å². The molecule has 0 bridgehead atoms. The lowest BCUT2D eigenvalue weighted by Crippen LogP contribution is -2.12. The van der Waals surface area contributed by atoms with E-state index in [1.165, 1.54) is 29.7 Å². The zero-order chi connectivity index (χ0) is 20.4. The molecule has 0 aliphatic heterocycles. The first kappa shape index (κ1) is 21.4. The number of aliphatic hydroxyl groups is 1. The lowest BCUT2D eigenvalue weighted by atomic mass is 9.87. The van der Waals surface area contributed by atoms with E-state index >= 15 is 0 Å². The number of thiazole rings is 1. The van der Waals surface area contributed by atoms with Gasteiger partial charge in [-0.25, -0.2) is 14.4 Å². The molecule has 1 heterocycles. The van der Waals surface area contributed by atoms with Crippen molar-refractivity contribution in [2.75, 3.05) is 0 Å². The number of hydrogen-bond acceptors (Lipinski definition) is 4. The zero-order valence-electron chi connectivity index (χ0n) is 16.7. The number of amides is 1. The van der Waals surface area contributed by atoms with E-state index in [0.29, 0.717) is 9.88 Å². The van der Waals surface area contributed by atoms with Gasteiger partial charge in [-0.3, -0.25) is 4.79 Å². The van der Waals surface area contributed by atoms with E-state index < -0.39 is 5.60 Å². The van der Waals surface area contributed by atoms with Gasteiger partial charge in [-0.05, 0) is 54.5 Å². The van der Waals surface area contributed by atoms with Crippen molar-refractivity contribution in [3.05, 3.63) is 50.7 Å². The summed E-state index contributed by atoms with van der Waals surface area (Å²) in [6.07, 6.45) is 3.14. The Balaban J connectivity index is 2.26. The average Bonchev–Trinajstić information content (AvgIpc) is 3.03. The van der Waals surface area contributed by atoms with Crippen molar-refractivity contribution in [3.63, 3.8) is 0 Å². The van der Waals surface area contributed by atoms with Gasteiger partial charge in [0.2, 0.25) is 5.91 Å². The second kappa shape index (κ2) is 8.40. The van der Waals surface area contributed by atoms with Gasteiger partial charge in [-0.15, -0.1) is 11.3 Å². The van der Waals surface area contributed by atoms with Gasteiger partial charge < -0.3 is 5.11 Å². The molecule has 0 saturated carbocycles. The molecule has 2 aromatic rings. The molecule has 1 aromatic heterocycles. The SMILES string of the molecule is CC(C)c1cc(F)cc(C(C)C)c1CC(=O)N=Cc1ncc(C(C)(C)O)s1. The molecular formula is C21H27FN2O2S. The van der Waals surface area contributed by atoms with Crippen molar-refractivity contribution in [1.29, 1.82) is 0 Å². The van der Waals surface area contributed by atoms with Crippen molar-refractivity contribution in [1.82, 2.24) is 4.98 Å². The van der Waals surface area contributed by atoms with Crippen LogP contribution in [-0.2, 0) is 16.8 Å². The van der Waals surface area contributed by atoms with Crippen LogP contribution in [0.4, 0.5) is 4.39 Å². The highest BCUT2D eigenvalue weighted by atomic mass is 32.1. The fraction of sp³-hybridized carbons (Fsp3) is 0.476. The predicted octanol–water partition coefficient (Wildman–Crippen LogP) is 4.94. The molecule has 1 amide bonds. The number of carbonyl (C=O) groups is 1. The van der Waals surface area contributed by atoms with Gasteiger partial charge in [-0.1, -0.05) is 27.7 Å². The number of hydrogen-bond donors (Lipinski definition) is 1. The number of aromatic nitrogens is 1. The van der Waals surface area contributed by atoms with Gasteiger partial charge in [0, 0.05) is 6.20 Å². The minimum atomic E-state index is -0.972. The molecule has 0 fully saturated rings. The first-order valence-corrected chi connectivity index (χ1v) is 9.88. The molecule has 146 valence electrons. The molecule has 0 spiro atoms. The summed E-state index contributed by atoms with van der Waals surface area (Å²) in [6.45, 7) is 11.3. The highest BCUT2D eigenvalue weighted by Crippen LogP contribution is 2.30. The van der Waals surface area contributed by atoms with Gasteiger partial charge in [0.05, 0.1) is 23.1 Å². The minimum Gasteiger partial charge on any atom is -0.385 e. The highest BCUT2D eigenvalue weighted by molar-refractivity contribution is 7.13. The number of aliphatic imine (C=N–C) groups is 1. The quantitative estimate of drug-likeness (QED) is 0.710. The van der Waals surface area contributed by atoms with E-state index in [2.05, 4.69) is 9.98 Å². The number of rotatable bonds is 6. The van der Waals surface area contributed by atoms with Crippen LogP contribution in [0.1, 0.15) is 80.0 Å². The van der Waals surface area contributed by atoms with Gasteiger partial charge >= 0.3 is 0 Å². The molecule has 0 unspecified atom stereocenters. The third kappa shape index (κ3) is 5.53. The van der Waals surface area contributed by atoms with Crippen molar-refractivity contribution < 1.29 is 14.3 Å². The van der Waals surface area contributed by atoms with Crippen LogP contribution >= 0.6 is 11.3 Å². The topological polar surface area (TPSA) is 62.5 Å². The first-order valence-electron chi connectivity index (χ1n) is 9.06. The average molecular weight is 391 g/mol. The highest BCUT2D eigenvalue weighted by Gasteiger charge is 2.20. The summed E-state index contributed by atoms with van der Waals surface area (Å²) in [5, 5.41) is 10.6. The molecule has 6 heteroatoms. The molecule has 27 heavy (non-hydrogen) atoms.